The van der Waals surface area contributed by atoms with E-state index in [0.29, 0.717) is 47.6 Å². The van der Waals surface area contributed by atoms with Crippen LogP contribution >= 0.6 is 22.9 Å². The quantitative estimate of drug-likeness (QED) is 0.202. The highest BCUT2D eigenvalue weighted by Gasteiger charge is 2.46. The molecule has 0 bridgehead atoms. The highest BCUT2D eigenvalue weighted by Crippen LogP contribution is 2.48. The molecule has 4 aromatic rings. The average molecular weight is 728 g/mol. The molecule has 0 radical (unpaired) electrons. The van der Waals surface area contributed by atoms with E-state index in [1.54, 1.807) is 46.7 Å². The molecule has 4 heterocycles. The number of thiazole rings is 1. The standard InChI is InChI=1S/C32H29ClF3N9O4S/c33-22-5-3-21(4-6-22)31(9-10-31)43-28-40-27(41-29(42-28)49-17-32(34,35)36)38-23-7-1-18(2-8-23)25(47)44-13-19-15-45(16-20(19)14-44)26(48)24(46)39-30-37-11-12-50-30/h1-8,11-12,19-20H,9-10,13-17H2,(H,37,39,46)(H2,38,40,41,42,43). The Morgan fingerprint density at radius 2 is 1.58 bits per heavy atom. The molecule has 2 aliphatic heterocycles. The number of rotatable bonds is 9. The number of ether oxygens (including phenoxy) is 1. The van der Waals surface area contributed by atoms with Crippen molar-refractivity contribution < 1.29 is 32.3 Å². The van der Waals surface area contributed by atoms with Gasteiger partial charge in [0.15, 0.2) is 11.7 Å². The van der Waals surface area contributed by atoms with E-state index >= 15 is 0 Å². The van der Waals surface area contributed by atoms with E-state index in [9.17, 15) is 27.6 Å². The number of hydrogen-bond donors (Lipinski definition) is 3. The molecule has 260 valence electrons. The minimum absolute atomic E-state index is 0.0268. The lowest BCUT2D eigenvalue weighted by Crippen LogP contribution is -2.40. The van der Waals surface area contributed by atoms with Crippen molar-refractivity contribution in [1.29, 1.82) is 0 Å². The smallest absolute Gasteiger partial charge is 0.422 e. The largest absolute Gasteiger partial charge is 0.454 e. The minimum Gasteiger partial charge on any atom is -0.454 e. The number of fused-ring (bicyclic) bond motifs is 1. The van der Waals surface area contributed by atoms with Gasteiger partial charge in [-0.05, 0) is 54.8 Å². The first-order valence-electron chi connectivity index (χ1n) is 15.6. The summed E-state index contributed by atoms with van der Waals surface area (Å²) in [6.45, 7) is 0.0596. The number of nitrogens with zero attached hydrogens (tertiary/aromatic N) is 6. The number of aromatic nitrogens is 4. The zero-order valence-electron chi connectivity index (χ0n) is 26.1. The first kappa shape index (κ1) is 33.5. The summed E-state index contributed by atoms with van der Waals surface area (Å²) in [6, 6.07) is 13.2. The van der Waals surface area contributed by atoms with Crippen LogP contribution in [0.5, 0.6) is 6.01 Å². The second-order valence-corrected chi connectivity index (χ2v) is 13.6. The van der Waals surface area contributed by atoms with E-state index in [0.717, 1.165) is 18.4 Å². The van der Waals surface area contributed by atoms with E-state index in [2.05, 4.69) is 35.9 Å². The first-order valence-corrected chi connectivity index (χ1v) is 16.8. The fraction of sp³-hybridized carbons (Fsp3) is 0.344. The molecular weight excluding hydrogens is 699 g/mol. The van der Waals surface area contributed by atoms with Gasteiger partial charge in [0, 0.05) is 65.9 Å². The van der Waals surface area contributed by atoms with Gasteiger partial charge in [-0.2, -0.15) is 28.1 Å². The number of carbonyl (C=O) groups excluding carboxylic acids is 3. The number of nitrogens with one attached hydrogen (secondary N) is 3. The molecule has 3 amide bonds. The lowest BCUT2D eigenvalue weighted by molar-refractivity contribution is -0.154. The molecule has 0 spiro atoms. The zero-order chi connectivity index (χ0) is 35.0. The summed E-state index contributed by atoms with van der Waals surface area (Å²) in [7, 11) is 0. The van der Waals surface area contributed by atoms with Crippen LogP contribution in [0.4, 0.5) is 35.9 Å². The van der Waals surface area contributed by atoms with Crippen LogP contribution in [0.15, 0.2) is 60.1 Å². The normalized spacial score (nSPS) is 19.1. The van der Waals surface area contributed by atoms with Crippen molar-refractivity contribution in [1.82, 2.24) is 29.7 Å². The second kappa shape index (κ2) is 13.4. The van der Waals surface area contributed by atoms with Crippen molar-refractivity contribution in [3.8, 4) is 6.01 Å². The van der Waals surface area contributed by atoms with E-state index in [4.69, 9.17) is 16.3 Å². The van der Waals surface area contributed by atoms with Crippen molar-refractivity contribution in [2.24, 2.45) is 11.8 Å². The number of benzene rings is 2. The topological polar surface area (TPSA) is 155 Å². The molecule has 18 heteroatoms. The molecule has 2 aromatic heterocycles. The molecule has 7 rings (SSSR count). The van der Waals surface area contributed by atoms with Gasteiger partial charge in [-0.15, -0.1) is 11.3 Å². The summed E-state index contributed by atoms with van der Waals surface area (Å²) in [4.78, 5) is 58.1. The highest BCUT2D eigenvalue weighted by molar-refractivity contribution is 7.13. The molecule has 2 atom stereocenters. The van der Waals surface area contributed by atoms with Crippen LogP contribution in [0.1, 0.15) is 28.8 Å². The lowest BCUT2D eigenvalue weighted by Gasteiger charge is -2.21. The Morgan fingerprint density at radius 3 is 2.20 bits per heavy atom. The fourth-order valence-corrected chi connectivity index (χ4v) is 6.83. The molecule has 3 fully saturated rings. The molecule has 1 aliphatic carbocycles. The molecule has 2 aromatic carbocycles. The lowest BCUT2D eigenvalue weighted by atomic mass is 10.0. The monoisotopic (exact) mass is 727 g/mol. The highest BCUT2D eigenvalue weighted by atomic mass is 35.5. The third-order valence-electron chi connectivity index (χ3n) is 8.77. The van der Waals surface area contributed by atoms with Crippen LogP contribution < -0.4 is 20.7 Å². The Balaban J connectivity index is 0.984. The van der Waals surface area contributed by atoms with Gasteiger partial charge in [0.2, 0.25) is 11.9 Å². The number of carbonyl (C=O) groups is 3. The van der Waals surface area contributed by atoms with Crippen LogP contribution in [0.2, 0.25) is 5.02 Å². The maximum atomic E-state index is 13.4. The minimum atomic E-state index is -4.60. The third kappa shape index (κ3) is 7.57. The number of alkyl halides is 3. The Morgan fingerprint density at radius 1 is 0.920 bits per heavy atom. The van der Waals surface area contributed by atoms with E-state index < -0.39 is 36.1 Å². The van der Waals surface area contributed by atoms with Crippen molar-refractivity contribution >= 4 is 63.4 Å². The Labute approximate surface area is 292 Å². The van der Waals surface area contributed by atoms with Gasteiger partial charge in [0.1, 0.15) is 0 Å². The van der Waals surface area contributed by atoms with Gasteiger partial charge in [-0.3, -0.25) is 19.7 Å². The maximum Gasteiger partial charge on any atom is 0.422 e. The van der Waals surface area contributed by atoms with Crippen LogP contribution in [0.25, 0.3) is 0 Å². The van der Waals surface area contributed by atoms with Crippen molar-refractivity contribution in [3.63, 3.8) is 0 Å². The molecule has 1 saturated carbocycles. The molecule has 2 saturated heterocycles. The molecule has 50 heavy (non-hydrogen) atoms. The van der Waals surface area contributed by atoms with Crippen molar-refractivity contribution in [3.05, 3.63) is 76.3 Å². The van der Waals surface area contributed by atoms with Gasteiger partial charge < -0.3 is 25.2 Å². The van der Waals surface area contributed by atoms with Gasteiger partial charge in [0.25, 0.3) is 5.91 Å². The first-order chi connectivity index (χ1) is 23.9. The van der Waals surface area contributed by atoms with Gasteiger partial charge >= 0.3 is 24.0 Å². The summed E-state index contributed by atoms with van der Waals surface area (Å²) in [5.41, 5.74) is 1.32. The summed E-state index contributed by atoms with van der Waals surface area (Å²) in [6.07, 6.45) is -1.57. The summed E-state index contributed by atoms with van der Waals surface area (Å²) in [5.74, 6) is -1.48. The Bertz CT molecular complexity index is 1880. The molecule has 2 unspecified atom stereocenters. The van der Waals surface area contributed by atoms with Crippen LogP contribution in [-0.2, 0) is 15.1 Å². The van der Waals surface area contributed by atoms with E-state index in [1.165, 1.54) is 22.4 Å². The molecule has 13 nitrogen and oxygen atoms in total. The summed E-state index contributed by atoms with van der Waals surface area (Å²) >= 11 is 7.26. The van der Waals surface area contributed by atoms with Gasteiger partial charge in [0.05, 0.1) is 5.54 Å². The SMILES string of the molecule is O=C(Nc1nccs1)C(=O)N1CC2CN(C(=O)c3ccc(Nc4nc(NC5(c6ccc(Cl)cc6)CC5)nc(OCC(F)(F)F)n4)cc3)CC2C1. The number of anilines is 4. The predicted octanol–water partition coefficient (Wildman–Crippen LogP) is 4.94. The molecule has 3 aliphatic rings. The van der Waals surface area contributed by atoms with Crippen LogP contribution in [0, 0.1) is 11.8 Å². The van der Waals surface area contributed by atoms with Gasteiger partial charge in [-0.25, -0.2) is 4.98 Å². The number of amides is 3. The number of hydrogen-bond acceptors (Lipinski definition) is 11. The van der Waals surface area contributed by atoms with E-state index in [-0.39, 0.29) is 29.6 Å². The number of halogens is 4. The average Bonchev–Trinajstić information content (AvgIpc) is 3.38. The maximum absolute atomic E-state index is 13.4. The van der Waals surface area contributed by atoms with E-state index in [1.807, 2.05) is 12.1 Å². The Hall–Kier alpha value is -5.03. The summed E-state index contributed by atoms with van der Waals surface area (Å²) < 4.78 is 43.7. The zero-order valence-corrected chi connectivity index (χ0v) is 27.7. The van der Waals surface area contributed by atoms with Crippen molar-refractivity contribution in [2.45, 2.75) is 24.6 Å². The molecular formula is C32H29ClF3N9O4S. The van der Waals surface area contributed by atoms with Gasteiger partial charge in [-0.1, -0.05) is 23.7 Å². The molecule has 3 N–H and O–H groups in total. The Kier molecular flexibility index (Phi) is 8.94. The fourth-order valence-electron chi connectivity index (χ4n) is 6.18. The predicted molar refractivity (Wildman–Crippen MR) is 177 cm³/mol. The van der Waals surface area contributed by atoms with Crippen molar-refractivity contribution in [2.75, 3.05) is 48.7 Å². The summed E-state index contributed by atoms with van der Waals surface area (Å²) in [5, 5.41) is 11.3. The van der Waals surface area contributed by atoms with Crippen LogP contribution in [-0.4, -0.2) is 86.4 Å². The van der Waals surface area contributed by atoms with Crippen LogP contribution in [0.3, 0.4) is 0 Å². The number of likely N-dealkylation sites (tertiary alicyclic amines) is 2. The third-order valence-corrected chi connectivity index (χ3v) is 9.71. The second-order valence-electron chi connectivity index (χ2n) is 12.3.